The van der Waals surface area contributed by atoms with Crippen molar-refractivity contribution in [3.8, 4) is 0 Å². The maximum Gasteiger partial charge on any atom is 0.247 e. The number of carbonyl (C=O) groups excluding carboxylic acids is 2. The first-order chi connectivity index (χ1) is 16.9. The number of rotatable bonds is 8. The van der Waals surface area contributed by atoms with E-state index in [1.54, 1.807) is 6.92 Å². The Labute approximate surface area is 209 Å². The SMILES string of the molecule is CC(=O)N1C[C@@H]2C[C@H]3CN(Cc4ccccc4)[C@@H]([C@@H]2CC(C)C)[C@]31C(=O)NCCc1ccccc1. The van der Waals surface area contributed by atoms with Gasteiger partial charge in [0, 0.05) is 45.1 Å². The molecule has 0 spiro atoms. The summed E-state index contributed by atoms with van der Waals surface area (Å²) in [5.41, 5.74) is 1.71. The van der Waals surface area contributed by atoms with Gasteiger partial charge < -0.3 is 10.2 Å². The lowest BCUT2D eigenvalue weighted by atomic mass is 9.56. The molecule has 0 aromatic heterocycles. The Hall–Kier alpha value is -2.66. The number of hydrogen-bond acceptors (Lipinski definition) is 3. The van der Waals surface area contributed by atoms with Crippen molar-refractivity contribution in [3.05, 3.63) is 71.8 Å². The van der Waals surface area contributed by atoms with Gasteiger partial charge in [0.05, 0.1) is 0 Å². The molecule has 186 valence electrons. The molecule has 1 N–H and O–H groups in total. The maximum absolute atomic E-state index is 14.2. The zero-order chi connectivity index (χ0) is 24.6. The fraction of sp³-hybridized carbons (Fsp3) is 0.533. The first-order valence-corrected chi connectivity index (χ1v) is 13.3. The minimum atomic E-state index is -0.772. The third-order valence-electron chi connectivity index (χ3n) is 8.64. The highest BCUT2D eigenvalue weighted by atomic mass is 16.2. The number of piperidine rings is 2. The molecule has 35 heavy (non-hydrogen) atoms. The zero-order valence-electron chi connectivity index (χ0n) is 21.3. The zero-order valence-corrected chi connectivity index (χ0v) is 21.3. The highest BCUT2D eigenvalue weighted by molar-refractivity contribution is 5.93. The number of fused-ring (bicyclic) bond motifs is 1. The molecule has 0 radical (unpaired) electrons. The second kappa shape index (κ2) is 9.77. The van der Waals surface area contributed by atoms with Gasteiger partial charge in [-0.1, -0.05) is 74.5 Å². The molecular weight excluding hydrogens is 434 g/mol. The Balaban J connectivity index is 1.47. The summed E-state index contributed by atoms with van der Waals surface area (Å²) in [5, 5.41) is 3.30. The van der Waals surface area contributed by atoms with Crippen molar-refractivity contribution in [2.75, 3.05) is 19.6 Å². The smallest absolute Gasteiger partial charge is 0.247 e. The van der Waals surface area contributed by atoms with Gasteiger partial charge >= 0.3 is 0 Å². The van der Waals surface area contributed by atoms with Crippen LogP contribution in [0.15, 0.2) is 60.7 Å². The fourth-order valence-electron chi connectivity index (χ4n) is 7.47. The molecular formula is C30H39N3O2. The lowest BCUT2D eigenvalue weighted by molar-refractivity contribution is -0.173. The van der Waals surface area contributed by atoms with Gasteiger partial charge in [0.25, 0.3) is 0 Å². The standard InChI is InChI=1S/C30H39N3O2/c1-21(2)16-27-25-17-26-20-32(18-24-12-8-5-9-13-24)28(27)30(26,33(19-25)22(3)34)29(35)31-15-14-23-10-6-4-7-11-23/h4-13,21,25-28H,14-20H2,1-3H3,(H,31,35)/t25-,26-,27+,28-,30-/m0/s1. The van der Waals surface area contributed by atoms with Gasteiger partial charge in [-0.25, -0.2) is 0 Å². The Morgan fingerprint density at radius 2 is 1.66 bits per heavy atom. The molecule has 2 aromatic carbocycles. The highest BCUT2D eigenvalue weighted by Gasteiger charge is 2.71. The quantitative estimate of drug-likeness (QED) is 0.627. The van der Waals surface area contributed by atoms with Gasteiger partial charge in [0.1, 0.15) is 5.54 Å². The predicted molar refractivity (Wildman–Crippen MR) is 138 cm³/mol. The number of benzene rings is 2. The monoisotopic (exact) mass is 473 g/mol. The van der Waals surface area contributed by atoms with Crippen molar-refractivity contribution in [1.29, 1.82) is 0 Å². The number of likely N-dealkylation sites (tertiary alicyclic amines) is 1. The summed E-state index contributed by atoms with van der Waals surface area (Å²) in [6.07, 6.45) is 2.93. The van der Waals surface area contributed by atoms with Gasteiger partial charge in [0.15, 0.2) is 0 Å². The molecule has 4 aliphatic rings. The normalized spacial score (nSPS) is 29.5. The fourth-order valence-corrected chi connectivity index (χ4v) is 7.47. The second-order valence-electron chi connectivity index (χ2n) is 11.3. The average Bonchev–Trinajstić information content (AvgIpc) is 3.10. The van der Waals surface area contributed by atoms with Crippen molar-refractivity contribution in [3.63, 3.8) is 0 Å². The summed E-state index contributed by atoms with van der Waals surface area (Å²) in [4.78, 5) is 31.8. The van der Waals surface area contributed by atoms with Gasteiger partial charge in [0.2, 0.25) is 11.8 Å². The van der Waals surface area contributed by atoms with Crippen LogP contribution in [0.3, 0.4) is 0 Å². The molecule has 2 amide bonds. The third-order valence-corrected chi connectivity index (χ3v) is 8.64. The molecule has 4 fully saturated rings. The molecule has 3 saturated heterocycles. The molecule has 5 heteroatoms. The van der Waals surface area contributed by atoms with E-state index in [0.29, 0.717) is 30.8 Å². The number of hydrogen-bond donors (Lipinski definition) is 1. The Bertz CT molecular complexity index is 1040. The van der Waals surface area contributed by atoms with Crippen LogP contribution < -0.4 is 5.32 Å². The van der Waals surface area contributed by atoms with Crippen LogP contribution >= 0.6 is 0 Å². The van der Waals surface area contributed by atoms with E-state index < -0.39 is 5.54 Å². The van der Waals surface area contributed by atoms with Crippen LogP contribution in [0.25, 0.3) is 0 Å². The number of carbonyl (C=O) groups is 2. The molecule has 4 bridgehead atoms. The van der Waals surface area contributed by atoms with Crippen LogP contribution in [0.5, 0.6) is 0 Å². The van der Waals surface area contributed by atoms with Crippen molar-refractivity contribution in [1.82, 2.24) is 15.1 Å². The van der Waals surface area contributed by atoms with Gasteiger partial charge in [-0.2, -0.15) is 0 Å². The lowest BCUT2D eigenvalue weighted by Crippen LogP contribution is -2.77. The van der Waals surface area contributed by atoms with E-state index >= 15 is 0 Å². The Morgan fingerprint density at radius 1 is 1.00 bits per heavy atom. The summed E-state index contributed by atoms with van der Waals surface area (Å²) < 4.78 is 0. The summed E-state index contributed by atoms with van der Waals surface area (Å²) in [6, 6.07) is 20.9. The first kappa shape index (κ1) is 24.1. The molecule has 5 atom stereocenters. The van der Waals surface area contributed by atoms with Crippen molar-refractivity contribution in [2.45, 2.75) is 58.2 Å². The third kappa shape index (κ3) is 4.29. The van der Waals surface area contributed by atoms with Gasteiger partial charge in [-0.3, -0.25) is 14.5 Å². The molecule has 5 nitrogen and oxygen atoms in total. The topological polar surface area (TPSA) is 52.7 Å². The van der Waals surface area contributed by atoms with Crippen molar-refractivity contribution >= 4 is 11.8 Å². The first-order valence-electron chi connectivity index (χ1n) is 13.3. The highest BCUT2D eigenvalue weighted by Crippen LogP contribution is 2.58. The molecule has 1 saturated carbocycles. The molecule has 3 aliphatic heterocycles. The van der Waals surface area contributed by atoms with E-state index in [0.717, 1.165) is 32.4 Å². The number of nitrogens with one attached hydrogen (secondary N) is 1. The van der Waals surface area contributed by atoms with Crippen LogP contribution in [-0.2, 0) is 22.6 Å². The van der Waals surface area contributed by atoms with E-state index in [9.17, 15) is 9.59 Å². The van der Waals surface area contributed by atoms with Crippen molar-refractivity contribution in [2.24, 2.45) is 23.7 Å². The van der Waals surface area contributed by atoms with Gasteiger partial charge in [-0.15, -0.1) is 0 Å². The van der Waals surface area contributed by atoms with Crippen molar-refractivity contribution < 1.29 is 9.59 Å². The summed E-state index contributed by atoms with van der Waals surface area (Å²) in [7, 11) is 0. The molecule has 2 aromatic rings. The van der Waals surface area contributed by atoms with Crippen LogP contribution in [0.1, 0.15) is 44.7 Å². The molecule has 3 heterocycles. The van der Waals surface area contributed by atoms with E-state index in [1.807, 2.05) is 23.1 Å². The summed E-state index contributed by atoms with van der Waals surface area (Å²) >= 11 is 0. The largest absolute Gasteiger partial charge is 0.354 e. The van der Waals surface area contributed by atoms with Crippen LogP contribution in [-0.4, -0.2) is 52.8 Å². The minimum Gasteiger partial charge on any atom is -0.354 e. The van der Waals surface area contributed by atoms with E-state index in [1.165, 1.54) is 11.1 Å². The minimum absolute atomic E-state index is 0.0347. The van der Waals surface area contributed by atoms with Gasteiger partial charge in [-0.05, 0) is 48.1 Å². The molecule has 0 unspecified atom stereocenters. The summed E-state index contributed by atoms with van der Waals surface area (Å²) in [5.74, 6) is 1.72. The van der Waals surface area contributed by atoms with E-state index in [-0.39, 0.29) is 23.8 Å². The Morgan fingerprint density at radius 3 is 2.29 bits per heavy atom. The summed E-state index contributed by atoms with van der Waals surface area (Å²) in [6.45, 7) is 9.22. The number of amides is 2. The maximum atomic E-state index is 14.2. The Kier molecular flexibility index (Phi) is 6.71. The van der Waals surface area contributed by atoms with E-state index in [2.05, 4.69) is 66.5 Å². The molecule has 6 rings (SSSR count). The van der Waals surface area contributed by atoms with E-state index in [4.69, 9.17) is 0 Å². The number of nitrogens with zero attached hydrogens (tertiary/aromatic N) is 2. The lowest BCUT2D eigenvalue weighted by Gasteiger charge is -2.61. The average molecular weight is 474 g/mol. The predicted octanol–water partition coefficient (Wildman–Crippen LogP) is 4.13. The second-order valence-corrected chi connectivity index (χ2v) is 11.3. The van der Waals surface area contributed by atoms with Crippen LogP contribution in [0.4, 0.5) is 0 Å². The van der Waals surface area contributed by atoms with Crippen LogP contribution in [0.2, 0.25) is 0 Å². The van der Waals surface area contributed by atoms with Crippen LogP contribution in [0, 0.1) is 23.7 Å². The molecule has 1 aliphatic carbocycles.